The van der Waals surface area contributed by atoms with E-state index in [9.17, 15) is 0 Å². The molecule has 0 aliphatic rings. The highest BCUT2D eigenvalue weighted by molar-refractivity contribution is 4.81. The molecule has 0 nitrogen and oxygen atoms in total. The summed E-state index contributed by atoms with van der Waals surface area (Å²) in [6.45, 7) is 6.48. The van der Waals surface area contributed by atoms with Crippen LogP contribution < -0.4 is 0 Å². The Morgan fingerprint density at radius 3 is 2.29 bits per heavy atom. The molecule has 0 unspecified atom stereocenters. The van der Waals surface area contributed by atoms with Crippen molar-refractivity contribution >= 4 is 0 Å². The monoisotopic (exact) mass is 98.1 g/mol. The Labute approximate surface area is 46.2 Å². The van der Waals surface area contributed by atoms with Gasteiger partial charge in [-0.25, -0.2) is 0 Å². The van der Waals surface area contributed by atoms with Crippen LogP contribution in [0.25, 0.3) is 0 Å². The molecule has 0 bridgehead atoms. The summed E-state index contributed by atoms with van der Waals surface area (Å²) < 4.78 is 0. The van der Waals surface area contributed by atoms with Crippen LogP contribution in [0.5, 0.6) is 0 Å². The Bertz CT molecular complexity index is 53.1. The molecule has 0 aromatic carbocycles. The summed E-state index contributed by atoms with van der Waals surface area (Å²) >= 11 is 0. The zero-order valence-electron chi connectivity index (χ0n) is 5.44. The molecular weight excluding hydrogens is 84.1 g/mol. The van der Waals surface area contributed by atoms with Gasteiger partial charge < -0.3 is 0 Å². The Hall–Kier alpha value is -0.260. The fourth-order valence-corrected chi connectivity index (χ4v) is 0.465. The Morgan fingerprint density at radius 1 is 1.57 bits per heavy atom. The third-order valence-electron chi connectivity index (χ3n) is 1.16. The lowest BCUT2D eigenvalue weighted by molar-refractivity contribution is 0.697. The van der Waals surface area contributed by atoms with E-state index in [1.807, 2.05) is 0 Å². The van der Waals surface area contributed by atoms with Crippen molar-refractivity contribution in [2.24, 2.45) is 5.92 Å². The molecule has 42 valence electrons. The Morgan fingerprint density at radius 2 is 2.14 bits per heavy atom. The molecule has 0 spiro atoms. The molecule has 0 heterocycles. The van der Waals surface area contributed by atoms with Crippen LogP contribution in [-0.2, 0) is 0 Å². The molecule has 0 aromatic rings. The second-order valence-corrected chi connectivity index (χ2v) is 1.91. The van der Waals surface area contributed by atoms with E-state index in [0.717, 1.165) is 5.92 Å². The first kappa shape index (κ1) is 6.74. The molecule has 0 heteroatoms. The molecule has 0 aliphatic heterocycles. The van der Waals surface area contributed by atoms with Gasteiger partial charge in [-0.1, -0.05) is 32.4 Å². The maximum atomic E-state index is 2.22. The van der Waals surface area contributed by atoms with Gasteiger partial charge in [-0.15, -0.1) is 0 Å². The van der Waals surface area contributed by atoms with Crippen LogP contribution in [0.4, 0.5) is 0 Å². The molecule has 0 radical (unpaired) electrons. The smallest absolute Gasteiger partial charge is 0.0265 e. The summed E-state index contributed by atoms with van der Waals surface area (Å²) in [6, 6.07) is 0. The summed E-state index contributed by atoms with van der Waals surface area (Å²) in [5.41, 5.74) is 0. The van der Waals surface area contributed by atoms with Gasteiger partial charge in [0.1, 0.15) is 0 Å². The number of hydrogen-bond donors (Lipinski definition) is 0. The van der Waals surface area contributed by atoms with Gasteiger partial charge in [-0.2, -0.15) is 0 Å². The average molecular weight is 98.2 g/mol. The zero-order chi connectivity index (χ0) is 5.70. The minimum atomic E-state index is 0.769. The van der Waals surface area contributed by atoms with Crippen LogP contribution in [0.2, 0.25) is 0 Å². The SMILES string of the molecule is C/C=C\[C@H](C)CC. The van der Waals surface area contributed by atoms with Crippen LogP contribution in [0, 0.1) is 5.92 Å². The van der Waals surface area contributed by atoms with Gasteiger partial charge >= 0.3 is 0 Å². The topological polar surface area (TPSA) is 0 Å². The van der Waals surface area contributed by atoms with Gasteiger partial charge in [0.25, 0.3) is 0 Å². The summed E-state index contributed by atoms with van der Waals surface area (Å²) in [5.74, 6) is 0.769. The fraction of sp³-hybridized carbons (Fsp3) is 0.714. The molecule has 0 saturated heterocycles. The molecule has 0 fully saturated rings. The van der Waals surface area contributed by atoms with Gasteiger partial charge in [-0.3, -0.25) is 0 Å². The summed E-state index contributed by atoms with van der Waals surface area (Å²) in [7, 11) is 0. The van der Waals surface area contributed by atoms with E-state index >= 15 is 0 Å². The summed E-state index contributed by atoms with van der Waals surface area (Å²) in [4.78, 5) is 0. The molecule has 0 aliphatic carbocycles. The molecule has 0 rings (SSSR count). The molecule has 0 N–H and O–H groups in total. The van der Waals surface area contributed by atoms with E-state index in [1.165, 1.54) is 6.42 Å². The van der Waals surface area contributed by atoms with Crippen molar-refractivity contribution in [1.82, 2.24) is 0 Å². The zero-order valence-corrected chi connectivity index (χ0v) is 5.44. The normalized spacial score (nSPS) is 15.3. The third-order valence-corrected chi connectivity index (χ3v) is 1.16. The van der Waals surface area contributed by atoms with Gasteiger partial charge in [0.2, 0.25) is 0 Å². The second-order valence-electron chi connectivity index (χ2n) is 1.91. The predicted octanol–water partition coefficient (Wildman–Crippen LogP) is 2.61. The average Bonchev–Trinajstić information content (AvgIpc) is 1.68. The molecule has 7 heavy (non-hydrogen) atoms. The van der Waals surface area contributed by atoms with E-state index in [-0.39, 0.29) is 0 Å². The van der Waals surface area contributed by atoms with E-state index in [4.69, 9.17) is 0 Å². The van der Waals surface area contributed by atoms with Crippen molar-refractivity contribution in [3.05, 3.63) is 12.2 Å². The summed E-state index contributed by atoms with van der Waals surface area (Å²) in [6.07, 6.45) is 5.58. The lowest BCUT2D eigenvalue weighted by Gasteiger charge is -1.95. The Balaban J connectivity index is 3.16. The lowest BCUT2D eigenvalue weighted by atomic mass is 10.1. The Kier molecular flexibility index (Phi) is 3.77. The van der Waals surface area contributed by atoms with Crippen LogP contribution in [0.15, 0.2) is 12.2 Å². The van der Waals surface area contributed by atoms with Crippen molar-refractivity contribution in [3.8, 4) is 0 Å². The van der Waals surface area contributed by atoms with Crippen molar-refractivity contribution in [2.75, 3.05) is 0 Å². The second kappa shape index (κ2) is 3.91. The van der Waals surface area contributed by atoms with E-state index in [2.05, 4.69) is 32.9 Å². The lowest BCUT2D eigenvalue weighted by Crippen LogP contribution is -1.81. The van der Waals surface area contributed by atoms with Gasteiger partial charge in [0.05, 0.1) is 0 Å². The first-order valence-electron chi connectivity index (χ1n) is 2.94. The largest absolute Gasteiger partial charge is 0.0914 e. The van der Waals surface area contributed by atoms with Crippen LogP contribution in [-0.4, -0.2) is 0 Å². The first-order valence-corrected chi connectivity index (χ1v) is 2.94. The van der Waals surface area contributed by atoms with Crippen molar-refractivity contribution in [2.45, 2.75) is 27.2 Å². The van der Waals surface area contributed by atoms with Crippen molar-refractivity contribution < 1.29 is 0 Å². The van der Waals surface area contributed by atoms with Crippen molar-refractivity contribution in [3.63, 3.8) is 0 Å². The molecule has 1 atom stereocenters. The number of rotatable bonds is 2. The minimum absolute atomic E-state index is 0.769. The molecule has 0 saturated carbocycles. The standard InChI is InChI=1S/C7H14/c1-4-6-7(3)5-2/h4,6-7H,5H2,1-3H3/b6-4-/t7-/m1/s1. The van der Waals surface area contributed by atoms with Crippen LogP contribution in [0.1, 0.15) is 27.2 Å². The van der Waals surface area contributed by atoms with Gasteiger partial charge in [-0.05, 0) is 12.8 Å². The molecule has 0 amide bonds. The highest BCUT2D eigenvalue weighted by Crippen LogP contribution is 2.00. The van der Waals surface area contributed by atoms with Gasteiger partial charge in [0, 0.05) is 0 Å². The molecule has 0 aromatic heterocycles. The van der Waals surface area contributed by atoms with E-state index in [0.29, 0.717) is 0 Å². The van der Waals surface area contributed by atoms with E-state index < -0.39 is 0 Å². The fourth-order valence-electron chi connectivity index (χ4n) is 0.465. The quantitative estimate of drug-likeness (QED) is 0.466. The highest BCUT2D eigenvalue weighted by Gasteiger charge is 1.85. The predicted molar refractivity (Wildman–Crippen MR) is 34.3 cm³/mol. The van der Waals surface area contributed by atoms with Gasteiger partial charge in [0.15, 0.2) is 0 Å². The minimum Gasteiger partial charge on any atom is -0.0914 e. The summed E-state index contributed by atoms with van der Waals surface area (Å²) in [5, 5.41) is 0. The van der Waals surface area contributed by atoms with Crippen molar-refractivity contribution in [1.29, 1.82) is 0 Å². The number of hydrogen-bond acceptors (Lipinski definition) is 0. The van der Waals surface area contributed by atoms with Crippen LogP contribution in [0.3, 0.4) is 0 Å². The van der Waals surface area contributed by atoms with E-state index in [1.54, 1.807) is 0 Å². The maximum Gasteiger partial charge on any atom is -0.0265 e. The third kappa shape index (κ3) is 3.57. The highest BCUT2D eigenvalue weighted by atomic mass is 13.9. The van der Waals surface area contributed by atoms with Crippen LogP contribution >= 0.6 is 0 Å². The maximum absolute atomic E-state index is 2.22. The first-order chi connectivity index (χ1) is 3.31. The molecular formula is C7H14. The number of allylic oxidation sites excluding steroid dienone is 2.